The van der Waals surface area contributed by atoms with Crippen LogP contribution in [-0.4, -0.2) is 43.7 Å². The molecule has 0 aromatic carbocycles. The van der Waals surface area contributed by atoms with Crippen molar-refractivity contribution in [1.29, 1.82) is 0 Å². The lowest BCUT2D eigenvalue weighted by molar-refractivity contribution is -0.139. The fraction of sp³-hybridized carbons (Fsp3) is 0.857. The van der Waals surface area contributed by atoms with Crippen molar-refractivity contribution >= 4 is 11.8 Å². The van der Waals surface area contributed by atoms with E-state index >= 15 is 0 Å². The minimum Gasteiger partial charge on any atom is -0.381 e. The molecular weight excluding hydrogens is 258 g/mol. The van der Waals surface area contributed by atoms with Crippen molar-refractivity contribution in [2.45, 2.75) is 52.1 Å². The first-order valence-corrected chi connectivity index (χ1v) is 7.34. The smallest absolute Gasteiger partial charge is 0.242 e. The van der Waals surface area contributed by atoms with E-state index in [1.807, 2.05) is 13.8 Å². The number of hydrogen-bond acceptors (Lipinski definition) is 4. The molecular formula is C14H27N3O3. The number of nitrogens with one attached hydrogen (secondary N) is 2. The highest BCUT2D eigenvalue weighted by atomic mass is 16.5. The quantitative estimate of drug-likeness (QED) is 0.648. The van der Waals surface area contributed by atoms with Gasteiger partial charge in [0.2, 0.25) is 11.8 Å². The Kier molecular flexibility index (Phi) is 6.42. The molecule has 6 heteroatoms. The summed E-state index contributed by atoms with van der Waals surface area (Å²) < 4.78 is 5.28. The van der Waals surface area contributed by atoms with Gasteiger partial charge >= 0.3 is 0 Å². The highest BCUT2D eigenvalue weighted by Gasteiger charge is 2.39. The topological polar surface area (TPSA) is 93.5 Å². The predicted molar refractivity (Wildman–Crippen MR) is 77.0 cm³/mol. The second-order valence-electron chi connectivity index (χ2n) is 5.61. The molecule has 2 amide bonds. The number of nitrogens with two attached hydrogens (primary N) is 1. The Bertz CT molecular complexity index is 341. The highest BCUT2D eigenvalue weighted by molar-refractivity contribution is 5.90. The number of ether oxygens (including phenoxy) is 1. The molecule has 0 aliphatic carbocycles. The summed E-state index contributed by atoms with van der Waals surface area (Å²) in [5.74, 6) is -0.304. The number of amides is 2. The molecule has 6 nitrogen and oxygen atoms in total. The molecule has 2 unspecified atom stereocenters. The van der Waals surface area contributed by atoms with Crippen LogP contribution in [0.3, 0.4) is 0 Å². The van der Waals surface area contributed by atoms with Crippen LogP contribution in [0, 0.1) is 5.41 Å². The second-order valence-corrected chi connectivity index (χ2v) is 5.61. The first-order valence-electron chi connectivity index (χ1n) is 7.34. The van der Waals surface area contributed by atoms with Crippen molar-refractivity contribution in [2.24, 2.45) is 11.1 Å². The van der Waals surface area contributed by atoms with Gasteiger partial charge in [0.05, 0.1) is 5.41 Å². The van der Waals surface area contributed by atoms with Gasteiger partial charge < -0.3 is 21.1 Å². The lowest BCUT2D eigenvalue weighted by atomic mass is 9.79. The standard InChI is InChI=1S/C14H27N3O3/c1-4-10(2)16-12(18)11(3)17-13(19)14(9-15)5-7-20-8-6-14/h10-11H,4-9,15H2,1-3H3,(H,16,18)(H,17,19). The average molecular weight is 285 g/mol. The van der Waals surface area contributed by atoms with E-state index in [2.05, 4.69) is 10.6 Å². The van der Waals surface area contributed by atoms with Gasteiger partial charge in [0.15, 0.2) is 0 Å². The normalized spacial score (nSPS) is 20.8. The molecule has 1 heterocycles. The summed E-state index contributed by atoms with van der Waals surface area (Å²) in [5.41, 5.74) is 5.18. The third kappa shape index (κ3) is 4.18. The van der Waals surface area contributed by atoms with Gasteiger partial charge in [-0.15, -0.1) is 0 Å². The Morgan fingerprint density at radius 1 is 1.25 bits per heavy atom. The van der Waals surface area contributed by atoms with E-state index in [9.17, 15) is 9.59 Å². The summed E-state index contributed by atoms with van der Waals surface area (Å²) in [6.45, 7) is 6.99. The molecule has 1 aliphatic rings. The van der Waals surface area contributed by atoms with Gasteiger partial charge in [-0.25, -0.2) is 0 Å². The van der Waals surface area contributed by atoms with E-state index in [-0.39, 0.29) is 24.4 Å². The molecule has 2 atom stereocenters. The molecule has 1 rings (SSSR count). The van der Waals surface area contributed by atoms with E-state index in [1.54, 1.807) is 6.92 Å². The highest BCUT2D eigenvalue weighted by Crippen LogP contribution is 2.29. The molecule has 1 fully saturated rings. The van der Waals surface area contributed by atoms with Crippen molar-refractivity contribution in [3.63, 3.8) is 0 Å². The fourth-order valence-corrected chi connectivity index (χ4v) is 2.17. The summed E-state index contributed by atoms with van der Waals surface area (Å²) in [6.07, 6.45) is 2.07. The zero-order valence-electron chi connectivity index (χ0n) is 12.7. The maximum atomic E-state index is 12.4. The molecule has 0 spiro atoms. The molecule has 0 saturated carbocycles. The number of rotatable bonds is 6. The molecule has 1 saturated heterocycles. The zero-order valence-corrected chi connectivity index (χ0v) is 12.7. The maximum Gasteiger partial charge on any atom is 0.242 e. The Morgan fingerprint density at radius 3 is 2.35 bits per heavy atom. The summed E-state index contributed by atoms with van der Waals surface area (Å²) >= 11 is 0. The van der Waals surface area contributed by atoms with Gasteiger partial charge in [0.1, 0.15) is 6.04 Å². The number of hydrogen-bond donors (Lipinski definition) is 3. The van der Waals surface area contributed by atoms with Crippen molar-refractivity contribution in [3.8, 4) is 0 Å². The Morgan fingerprint density at radius 2 is 1.85 bits per heavy atom. The van der Waals surface area contributed by atoms with E-state index in [4.69, 9.17) is 10.5 Å². The van der Waals surface area contributed by atoms with E-state index in [0.29, 0.717) is 26.1 Å². The maximum absolute atomic E-state index is 12.4. The second kappa shape index (κ2) is 7.59. The van der Waals surface area contributed by atoms with Crippen LogP contribution in [0.1, 0.15) is 40.0 Å². The van der Waals surface area contributed by atoms with Crippen molar-refractivity contribution < 1.29 is 14.3 Å². The summed E-state index contributed by atoms with van der Waals surface area (Å²) in [7, 11) is 0. The van der Waals surface area contributed by atoms with Crippen LogP contribution in [0.5, 0.6) is 0 Å². The molecule has 0 aromatic heterocycles. The lowest BCUT2D eigenvalue weighted by Gasteiger charge is -2.35. The Hall–Kier alpha value is -1.14. The van der Waals surface area contributed by atoms with E-state index in [1.165, 1.54) is 0 Å². The van der Waals surface area contributed by atoms with Crippen LogP contribution in [0.4, 0.5) is 0 Å². The van der Waals surface area contributed by atoms with Crippen molar-refractivity contribution in [1.82, 2.24) is 10.6 Å². The Balaban J connectivity index is 2.57. The van der Waals surface area contributed by atoms with Gasteiger partial charge in [-0.3, -0.25) is 9.59 Å². The first kappa shape index (κ1) is 16.9. The fourth-order valence-electron chi connectivity index (χ4n) is 2.17. The van der Waals surface area contributed by atoms with Crippen LogP contribution < -0.4 is 16.4 Å². The van der Waals surface area contributed by atoms with Crippen LogP contribution in [0.25, 0.3) is 0 Å². The van der Waals surface area contributed by atoms with Crippen molar-refractivity contribution in [2.75, 3.05) is 19.8 Å². The van der Waals surface area contributed by atoms with Gasteiger partial charge in [-0.1, -0.05) is 6.92 Å². The van der Waals surface area contributed by atoms with Crippen LogP contribution in [-0.2, 0) is 14.3 Å². The van der Waals surface area contributed by atoms with Crippen molar-refractivity contribution in [3.05, 3.63) is 0 Å². The molecule has 4 N–H and O–H groups in total. The molecule has 0 radical (unpaired) electrons. The minimum absolute atomic E-state index is 0.105. The van der Waals surface area contributed by atoms with E-state index in [0.717, 1.165) is 6.42 Å². The first-order chi connectivity index (χ1) is 9.45. The SMILES string of the molecule is CCC(C)NC(=O)C(C)NC(=O)C1(CN)CCOCC1. The molecule has 0 bridgehead atoms. The number of carbonyl (C=O) groups excluding carboxylic acids is 2. The minimum atomic E-state index is -0.594. The van der Waals surface area contributed by atoms with Gasteiger partial charge in [0.25, 0.3) is 0 Å². The van der Waals surface area contributed by atoms with Crippen LogP contribution in [0.2, 0.25) is 0 Å². The van der Waals surface area contributed by atoms with Gasteiger partial charge in [-0.2, -0.15) is 0 Å². The lowest BCUT2D eigenvalue weighted by Crippen LogP contribution is -2.55. The predicted octanol–water partition coefficient (Wildman–Crippen LogP) is 0.161. The zero-order chi connectivity index (χ0) is 15.2. The Labute approximate surface area is 120 Å². The monoisotopic (exact) mass is 285 g/mol. The summed E-state index contributed by atoms with van der Waals surface area (Å²) in [4.78, 5) is 24.3. The largest absolute Gasteiger partial charge is 0.381 e. The summed E-state index contributed by atoms with van der Waals surface area (Å²) in [6, 6.07) is -0.448. The van der Waals surface area contributed by atoms with Gasteiger partial charge in [-0.05, 0) is 33.1 Å². The summed E-state index contributed by atoms with van der Waals surface area (Å²) in [5, 5.41) is 5.64. The van der Waals surface area contributed by atoms with Crippen LogP contribution >= 0.6 is 0 Å². The molecule has 20 heavy (non-hydrogen) atoms. The number of carbonyl (C=O) groups is 2. The average Bonchev–Trinajstić information content (AvgIpc) is 2.47. The third-order valence-electron chi connectivity index (χ3n) is 4.06. The molecule has 0 aromatic rings. The van der Waals surface area contributed by atoms with Gasteiger partial charge in [0, 0.05) is 25.8 Å². The molecule has 1 aliphatic heterocycles. The molecule has 116 valence electrons. The van der Waals surface area contributed by atoms with E-state index < -0.39 is 11.5 Å². The third-order valence-corrected chi connectivity index (χ3v) is 4.06. The van der Waals surface area contributed by atoms with Crippen LogP contribution in [0.15, 0.2) is 0 Å².